The highest BCUT2D eigenvalue weighted by atomic mass is 19.2. The molecule has 0 amide bonds. The molecule has 0 N–H and O–H groups in total. The molecular formula is C11H10F5N. The van der Waals surface area contributed by atoms with Crippen molar-refractivity contribution in [2.75, 3.05) is 20.1 Å². The Kier molecular flexibility index (Phi) is 3.07. The van der Waals surface area contributed by atoms with Gasteiger partial charge in [0.05, 0.1) is 5.56 Å². The van der Waals surface area contributed by atoms with Gasteiger partial charge in [-0.2, -0.15) is 0 Å². The molecule has 1 atom stereocenters. The quantitative estimate of drug-likeness (QED) is 0.577. The lowest BCUT2D eigenvalue weighted by molar-refractivity contribution is 0.0553. The molecule has 94 valence electrons. The van der Waals surface area contributed by atoms with E-state index in [0.717, 1.165) is 0 Å². The monoisotopic (exact) mass is 251 g/mol. The van der Waals surface area contributed by atoms with Gasteiger partial charge in [-0.3, -0.25) is 0 Å². The molecule has 0 bridgehead atoms. The van der Waals surface area contributed by atoms with Gasteiger partial charge in [-0.25, -0.2) is 22.0 Å². The Morgan fingerprint density at radius 3 is 2.00 bits per heavy atom. The number of rotatable bonds is 2. The van der Waals surface area contributed by atoms with Crippen LogP contribution in [0.3, 0.4) is 0 Å². The van der Waals surface area contributed by atoms with Crippen LogP contribution >= 0.6 is 0 Å². The van der Waals surface area contributed by atoms with E-state index >= 15 is 0 Å². The van der Waals surface area contributed by atoms with Gasteiger partial charge >= 0.3 is 0 Å². The van der Waals surface area contributed by atoms with Crippen LogP contribution in [0.15, 0.2) is 6.07 Å². The van der Waals surface area contributed by atoms with Crippen LogP contribution in [0.1, 0.15) is 11.7 Å². The Bertz CT molecular complexity index is 416. The Hall–Kier alpha value is -1.17. The fraction of sp³-hybridized carbons (Fsp3) is 0.455. The summed E-state index contributed by atoms with van der Waals surface area (Å²) in [6.45, 7) is 0.607. The first-order valence-electron chi connectivity index (χ1n) is 5.07. The van der Waals surface area contributed by atoms with Crippen LogP contribution in [0.4, 0.5) is 22.0 Å². The molecule has 0 aliphatic carbocycles. The van der Waals surface area contributed by atoms with Gasteiger partial charge in [0.1, 0.15) is 6.17 Å². The summed E-state index contributed by atoms with van der Waals surface area (Å²) in [5.41, 5.74) is -1.14. The van der Waals surface area contributed by atoms with Gasteiger partial charge in [-0.15, -0.1) is 0 Å². The van der Waals surface area contributed by atoms with E-state index in [2.05, 4.69) is 0 Å². The van der Waals surface area contributed by atoms with E-state index in [1.165, 1.54) is 0 Å². The molecule has 17 heavy (non-hydrogen) atoms. The van der Waals surface area contributed by atoms with Crippen molar-refractivity contribution >= 4 is 0 Å². The van der Waals surface area contributed by atoms with Gasteiger partial charge in [-0.1, -0.05) is 0 Å². The normalized spacial score (nSPS) is 19.2. The topological polar surface area (TPSA) is 3.24 Å². The highest BCUT2D eigenvalue weighted by Gasteiger charge is 2.37. The van der Waals surface area contributed by atoms with Gasteiger partial charge in [0, 0.05) is 25.1 Å². The predicted molar refractivity (Wildman–Crippen MR) is 51.1 cm³/mol. The number of hydrogen-bond donors (Lipinski definition) is 0. The summed E-state index contributed by atoms with van der Waals surface area (Å²) < 4.78 is 66.1. The van der Waals surface area contributed by atoms with Crippen molar-refractivity contribution in [3.05, 3.63) is 34.9 Å². The van der Waals surface area contributed by atoms with E-state index in [4.69, 9.17) is 0 Å². The van der Waals surface area contributed by atoms with Gasteiger partial charge in [0.15, 0.2) is 23.3 Å². The number of hydrogen-bond acceptors (Lipinski definition) is 1. The van der Waals surface area contributed by atoms with E-state index in [1.54, 1.807) is 11.9 Å². The third kappa shape index (κ3) is 2.01. The lowest BCUT2D eigenvalue weighted by Crippen LogP contribution is -2.46. The molecule has 1 aliphatic rings. The number of halogens is 5. The van der Waals surface area contributed by atoms with Crippen LogP contribution in [-0.4, -0.2) is 25.0 Å². The SMILES string of the molecule is CN1CC(C(F)c2c(F)c(F)cc(F)c2F)C1. The van der Waals surface area contributed by atoms with Crippen LogP contribution in [0.5, 0.6) is 0 Å². The van der Waals surface area contributed by atoms with Crippen LogP contribution in [0.2, 0.25) is 0 Å². The lowest BCUT2D eigenvalue weighted by atomic mass is 9.90. The fourth-order valence-corrected chi connectivity index (χ4v) is 2.00. The van der Waals surface area contributed by atoms with Crippen molar-refractivity contribution in [1.82, 2.24) is 4.90 Å². The van der Waals surface area contributed by atoms with Gasteiger partial charge in [-0.05, 0) is 7.05 Å². The van der Waals surface area contributed by atoms with Crippen molar-refractivity contribution in [1.29, 1.82) is 0 Å². The largest absolute Gasteiger partial charge is 0.305 e. The van der Waals surface area contributed by atoms with E-state index in [9.17, 15) is 22.0 Å². The van der Waals surface area contributed by atoms with E-state index < -0.39 is 40.9 Å². The molecule has 1 fully saturated rings. The second-order valence-electron chi connectivity index (χ2n) is 4.26. The zero-order valence-electron chi connectivity index (χ0n) is 8.98. The molecule has 1 aromatic rings. The van der Waals surface area contributed by atoms with Crippen LogP contribution in [-0.2, 0) is 0 Å². The third-order valence-corrected chi connectivity index (χ3v) is 2.93. The minimum Gasteiger partial charge on any atom is -0.305 e. The summed E-state index contributed by atoms with van der Waals surface area (Å²) in [6.07, 6.45) is -2.03. The molecule has 1 aliphatic heterocycles. The molecule has 1 saturated heterocycles. The molecule has 0 radical (unpaired) electrons. The first-order chi connectivity index (χ1) is 7.91. The molecule has 2 rings (SSSR count). The maximum absolute atomic E-state index is 13.8. The lowest BCUT2D eigenvalue weighted by Gasteiger charge is -2.38. The minimum atomic E-state index is -2.03. The number of likely N-dealkylation sites (tertiary alicyclic amines) is 1. The highest BCUT2D eigenvalue weighted by Crippen LogP contribution is 2.36. The molecule has 1 unspecified atom stereocenters. The van der Waals surface area contributed by atoms with Crippen molar-refractivity contribution in [2.45, 2.75) is 6.17 Å². The first kappa shape index (κ1) is 12.3. The minimum absolute atomic E-state index is 0.0772. The average molecular weight is 251 g/mol. The van der Waals surface area contributed by atoms with Gasteiger partial charge in [0.25, 0.3) is 0 Å². The van der Waals surface area contributed by atoms with Gasteiger partial charge < -0.3 is 4.90 Å². The summed E-state index contributed by atoms with van der Waals surface area (Å²) in [5.74, 6) is -7.08. The van der Waals surface area contributed by atoms with E-state index in [1.807, 2.05) is 0 Å². The summed E-state index contributed by atoms with van der Waals surface area (Å²) in [5, 5.41) is 0. The smallest absolute Gasteiger partial charge is 0.168 e. The summed E-state index contributed by atoms with van der Waals surface area (Å²) in [6, 6.07) is 0.0772. The first-order valence-corrected chi connectivity index (χ1v) is 5.07. The van der Waals surface area contributed by atoms with E-state index in [-0.39, 0.29) is 6.07 Å². The number of nitrogens with zero attached hydrogens (tertiary/aromatic N) is 1. The predicted octanol–water partition coefficient (Wildman–Crippen LogP) is 2.82. The Morgan fingerprint density at radius 2 is 1.59 bits per heavy atom. The summed E-state index contributed by atoms with van der Waals surface area (Å²) >= 11 is 0. The summed E-state index contributed by atoms with van der Waals surface area (Å²) in [7, 11) is 1.71. The molecule has 1 aromatic carbocycles. The van der Waals surface area contributed by atoms with Crippen LogP contribution in [0, 0.1) is 29.2 Å². The van der Waals surface area contributed by atoms with Crippen molar-refractivity contribution in [2.24, 2.45) is 5.92 Å². The number of alkyl halides is 1. The van der Waals surface area contributed by atoms with Crippen molar-refractivity contribution in [3.8, 4) is 0 Å². The zero-order chi connectivity index (χ0) is 12.7. The molecular weight excluding hydrogens is 241 g/mol. The maximum atomic E-state index is 13.8. The molecule has 1 heterocycles. The highest BCUT2D eigenvalue weighted by molar-refractivity contribution is 5.26. The summed E-state index contributed by atoms with van der Waals surface area (Å²) in [4.78, 5) is 1.74. The molecule has 0 saturated carbocycles. The van der Waals surface area contributed by atoms with Crippen LogP contribution < -0.4 is 0 Å². The average Bonchev–Trinajstić information content (AvgIpc) is 2.22. The Balaban J connectivity index is 2.37. The second-order valence-corrected chi connectivity index (χ2v) is 4.26. The van der Waals surface area contributed by atoms with Gasteiger partial charge in [0.2, 0.25) is 0 Å². The third-order valence-electron chi connectivity index (χ3n) is 2.93. The molecule has 0 aromatic heterocycles. The van der Waals surface area contributed by atoms with Crippen molar-refractivity contribution in [3.63, 3.8) is 0 Å². The second kappa shape index (κ2) is 4.25. The number of benzene rings is 1. The Morgan fingerprint density at radius 1 is 1.12 bits per heavy atom. The maximum Gasteiger partial charge on any atom is 0.168 e. The molecule has 0 spiro atoms. The standard InChI is InChI=1S/C11H10F5N/c1-17-3-5(4-17)9(14)8-10(15)6(12)2-7(13)11(8)16/h2,5,9H,3-4H2,1H3. The van der Waals surface area contributed by atoms with E-state index in [0.29, 0.717) is 13.1 Å². The zero-order valence-corrected chi connectivity index (χ0v) is 8.98. The Labute approximate surface area is 94.8 Å². The molecule has 1 nitrogen and oxygen atoms in total. The fourth-order valence-electron chi connectivity index (χ4n) is 2.00. The molecule has 6 heteroatoms. The van der Waals surface area contributed by atoms with Crippen LogP contribution in [0.25, 0.3) is 0 Å². The van der Waals surface area contributed by atoms with Crippen molar-refractivity contribution < 1.29 is 22.0 Å².